The van der Waals surface area contributed by atoms with E-state index >= 15 is 0 Å². The van der Waals surface area contributed by atoms with Gasteiger partial charge in [-0.25, -0.2) is 4.39 Å². The van der Waals surface area contributed by atoms with Gasteiger partial charge in [0.2, 0.25) is 5.91 Å². The molecule has 0 bridgehead atoms. The van der Waals surface area contributed by atoms with Gasteiger partial charge in [-0.15, -0.1) is 0 Å². The van der Waals surface area contributed by atoms with Crippen LogP contribution in [0.15, 0.2) is 60.7 Å². The number of carbonyl (C=O) groups is 2. The molecule has 2 amide bonds. The first-order valence-electron chi connectivity index (χ1n) is 8.74. The Morgan fingerprint density at radius 1 is 1.14 bits per heavy atom. The second kappa shape index (κ2) is 7.44. The van der Waals surface area contributed by atoms with Gasteiger partial charge in [-0.1, -0.05) is 6.07 Å². The minimum Gasteiger partial charge on any atom is -0.456 e. The van der Waals surface area contributed by atoms with Gasteiger partial charge in [0.1, 0.15) is 28.9 Å². The molecule has 3 aromatic carbocycles. The summed E-state index contributed by atoms with van der Waals surface area (Å²) in [5.74, 6) is -0.585. The van der Waals surface area contributed by atoms with E-state index in [0.717, 1.165) is 11.3 Å². The predicted molar refractivity (Wildman–Crippen MR) is 104 cm³/mol. The Kier molecular flexibility index (Phi) is 4.67. The number of halogens is 1. The van der Waals surface area contributed by atoms with Crippen LogP contribution in [0.5, 0.6) is 11.5 Å². The lowest BCUT2D eigenvalue weighted by molar-refractivity contribution is -0.115. The summed E-state index contributed by atoms with van der Waals surface area (Å²) in [6.45, 7) is 0. The average molecular weight is 387 g/mol. The Morgan fingerprint density at radius 2 is 1.93 bits per heavy atom. The van der Waals surface area contributed by atoms with E-state index in [4.69, 9.17) is 10.00 Å². The zero-order chi connectivity index (χ0) is 20.4. The Bertz CT molecular complexity index is 1170. The van der Waals surface area contributed by atoms with Crippen molar-refractivity contribution in [2.45, 2.75) is 6.42 Å². The summed E-state index contributed by atoms with van der Waals surface area (Å²) in [5, 5.41) is 14.6. The molecule has 3 aromatic rings. The minimum atomic E-state index is -0.660. The number of nitrogens with zero attached hydrogens (tertiary/aromatic N) is 1. The van der Waals surface area contributed by atoms with Crippen molar-refractivity contribution < 1.29 is 18.7 Å². The number of rotatable bonds is 4. The monoisotopic (exact) mass is 387 g/mol. The molecule has 142 valence electrons. The summed E-state index contributed by atoms with van der Waals surface area (Å²) in [4.78, 5) is 23.9. The van der Waals surface area contributed by atoms with Gasteiger partial charge in [0, 0.05) is 16.9 Å². The van der Waals surface area contributed by atoms with Gasteiger partial charge >= 0.3 is 0 Å². The van der Waals surface area contributed by atoms with Gasteiger partial charge in [0.25, 0.3) is 5.91 Å². The molecular weight excluding hydrogens is 373 g/mol. The third-order valence-electron chi connectivity index (χ3n) is 4.42. The maximum atomic E-state index is 13.7. The van der Waals surface area contributed by atoms with Crippen LogP contribution < -0.4 is 15.4 Å². The molecule has 6 nitrogen and oxygen atoms in total. The number of anilines is 2. The van der Waals surface area contributed by atoms with Crippen molar-refractivity contribution in [2.75, 3.05) is 10.6 Å². The summed E-state index contributed by atoms with van der Waals surface area (Å²) in [5.41, 5.74) is 2.39. The Balaban J connectivity index is 1.46. The number of fused-ring (bicyclic) bond motifs is 1. The molecule has 29 heavy (non-hydrogen) atoms. The topological polar surface area (TPSA) is 91.2 Å². The zero-order valence-electron chi connectivity index (χ0n) is 15.0. The Hall–Kier alpha value is -4.18. The zero-order valence-corrected chi connectivity index (χ0v) is 15.0. The standard InChI is InChI=1S/C22H14FN3O3/c23-18-2-1-3-20(17(18)12-24)29-16-7-4-13(5-8-16)22(28)25-15-6-9-19-14(10-15)11-21(27)26-19/h1-10H,11H2,(H,25,28)(H,26,27). The number of hydrogen-bond acceptors (Lipinski definition) is 4. The maximum Gasteiger partial charge on any atom is 0.255 e. The highest BCUT2D eigenvalue weighted by Gasteiger charge is 2.18. The molecule has 7 heteroatoms. The number of ether oxygens (including phenoxy) is 1. The molecule has 2 N–H and O–H groups in total. The van der Waals surface area contributed by atoms with E-state index in [9.17, 15) is 14.0 Å². The maximum absolute atomic E-state index is 13.7. The lowest BCUT2D eigenvalue weighted by atomic mass is 10.1. The van der Waals surface area contributed by atoms with E-state index in [-0.39, 0.29) is 29.5 Å². The normalized spacial score (nSPS) is 11.9. The summed E-state index contributed by atoms with van der Waals surface area (Å²) < 4.78 is 19.2. The molecule has 0 atom stereocenters. The van der Waals surface area contributed by atoms with E-state index in [1.54, 1.807) is 48.5 Å². The first kappa shape index (κ1) is 18.2. The van der Waals surface area contributed by atoms with Crippen LogP contribution in [0.25, 0.3) is 0 Å². The smallest absolute Gasteiger partial charge is 0.255 e. The molecule has 0 saturated carbocycles. The first-order valence-corrected chi connectivity index (χ1v) is 8.74. The first-order chi connectivity index (χ1) is 14.0. The van der Waals surface area contributed by atoms with Gasteiger partial charge < -0.3 is 15.4 Å². The average Bonchev–Trinajstić information content (AvgIpc) is 3.08. The van der Waals surface area contributed by atoms with E-state index < -0.39 is 5.82 Å². The van der Waals surface area contributed by atoms with Crippen molar-refractivity contribution >= 4 is 23.2 Å². The second-order valence-electron chi connectivity index (χ2n) is 6.40. The van der Waals surface area contributed by atoms with Crippen LogP contribution in [-0.2, 0) is 11.2 Å². The molecule has 1 aliphatic rings. The van der Waals surface area contributed by atoms with Crippen molar-refractivity contribution in [3.8, 4) is 17.6 Å². The molecular formula is C22H14FN3O3. The van der Waals surface area contributed by atoms with E-state index in [1.165, 1.54) is 18.2 Å². The third kappa shape index (κ3) is 3.77. The second-order valence-corrected chi connectivity index (χ2v) is 6.40. The molecule has 0 saturated heterocycles. The van der Waals surface area contributed by atoms with Crippen LogP contribution in [0.4, 0.5) is 15.8 Å². The molecule has 0 radical (unpaired) electrons. The summed E-state index contributed by atoms with van der Waals surface area (Å²) in [7, 11) is 0. The molecule has 0 unspecified atom stereocenters. The highest BCUT2D eigenvalue weighted by molar-refractivity contribution is 6.05. The molecule has 1 aliphatic heterocycles. The summed E-state index contributed by atoms with van der Waals surface area (Å²) >= 11 is 0. The van der Waals surface area contributed by atoms with Crippen molar-refractivity contribution in [3.63, 3.8) is 0 Å². The third-order valence-corrected chi connectivity index (χ3v) is 4.42. The van der Waals surface area contributed by atoms with E-state index in [1.807, 2.05) is 0 Å². The van der Waals surface area contributed by atoms with Crippen LogP contribution in [0, 0.1) is 17.1 Å². The summed E-state index contributed by atoms with van der Waals surface area (Å²) in [6.07, 6.45) is 0.288. The van der Waals surface area contributed by atoms with Crippen molar-refractivity contribution in [3.05, 3.63) is 83.2 Å². The molecule has 0 fully saturated rings. The van der Waals surface area contributed by atoms with Gasteiger partial charge in [-0.2, -0.15) is 5.26 Å². The van der Waals surface area contributed by atoms with Crippen molar-refractivity contribution in [1.29, 1.82) is 5.26 Å². The van der Waals surface area contributed by atoms with Crippen molar-refractivity contribution in [2.24, 2.45) is 0 Å². The van der Waals surface area contributed by atoms with Crippen LogP contribution in [0.3, 0.4) is 0 Å². The van der Waals surface area contributed by atoms with Crippen LogP contribution in [0.2, 0.25) is 0 Å². The number of benzene rings is 3. The Morgan fingerprint density at radius 3 is 2.69 bits per heavy atom. The predicted octanol–water partition coefficient (Wildman–Crippen LogP) is 4.24. The van der Waals surface area contributed by atoms with E-state index in [2.05, 4.69) is 10.6 Å². The van der Waals surface area contributed by atoms with E-state index in [0.29, 0.717) is 17.0 Å². The molecule has 4 rings (SSSR count). The molecule has 0 aliphatic carbocycles. The largest absolute Gasteiger partial charge is 0.456 e. The molecule has 0 spiro atoms. The number of carbonyl (C=O) groups excluding carboxylic acids is 2. The van der Waals surface area contributed by atoms with Crippen molar-refractivity contribution in [1.82, 2.24) is 0 Å². The van der Waals surface area contributed by atoms with Gasteiger partial charge in [-0.3, -0.25) is 9.59 Å². The lowest BCUT2D eigenvalue weighted by Crippen LogP contribution is -2.11. The molecule has 0 aromatic heterocycles. The number of amides is 2. The van der Waals surface area contributed by atoms with Gasteiger partial charge in [-0.05, 0) is 60.2 Å². The highest BCUT2D eigenvalue weighted by atomic mass is 19.1. The van der Waals surface area contributed by atoms with Crippen LogP contribution >= 0.6 is 0 Å². The molecule has 1 heterocycles. The number of nitriles is 1. The Labute approximate surface area is 165 Å². The number of nitrogens with one attached hydrogen (secondary N) is 2. The fourth-order valence-electron chi connectivity index (χ4n) is 3.01. The SMILES string of the molecule is N#Cc1c(F)cccc1Oc1ccc(C(=O)Nc2ccc3c(c2)CC(=O)N3)cc1. The summed E-state index contributed by atoms with van der Waals surface area (Å²) in [6, 6.07) is 17.4. The lowest BCUT2D eigenvalue weighted by Gasteiger charge is -2.09. The fourth-order valence-corrected chi connectivity index (χ4v) is 3.01. The quantitative estimate of drug-likeness (QED) is 0.701. The fraction of sp³-hybridized carbons (Fsp3) is 0.0455. The highest BCUT2D eigenvalue weighted by Crippen LogP contribution is 2.28. The van der Waals surface area contributed by atoms with Gasteiger partial charge in [0.15, 0.2) is 0 Å². The van der Waals surface area contributed by atoms with Crippen LogP contribution in [-0.4, -0.2) is 11.8 Å². The minimum absolute atomic E-state index is 0.0723. The van der Waals surface area contributed by atoms with Crippen LogP contribution in [0.1, 0.15) is 21.5 Å². The van der Waals surface area contributed by atoms with Gasteiger partial charge in [0.05, 0.1) is 6.42 Å². The number of hydrogen-bond donors (Lipinski definition) is 2.